The molecule has 0 aromatic carbocycles. The van der Waals surface area contributed by atoms with E-state index in [1.165, 1.54) is 17.8 Å². The Hall–Kier alpha value is -0.350. The van der Waals surface area contributed by atoms with Crippen LogP contribution in [0.25, 0.3) is 10.2 Å². The maximum atomic E-state index is 10.2. The summed E-state index contributed by atoms with van der Waals surface area (Å²) >= 11 is 13.5. The number of aliphatic hydroxyl groups excluding tert-OH is 1. The zero-order chi connectivity index (χ0) is 12.0. The smallest absolute Gasteiger partial charge is 0.132 e. The largest absolute Gasteiger partial charge is 0.387 e. The van der Waals surface area contributed by atoms with Gasteiger partial charge in [0.1, 0.15) is 9.98 Å². The normalized spacial score (nSPS) is 18.3. The number of thiophene rings is 1. The maximum absolute atomic E-state index is 10.2. The van der Waals surface area contributed by atoms with Gasteiger partial charge in [-0.15, -0.1) is 11.3 Å². The summed E-state index contributed by atoms with van der Waals surface area (Å²) in [7, 11) is 0. The van der Waals surface area contributed by atoms with Gasteiger partial charge in [0.05, 0.1) is 11.1 Å². The van der Waals surface area contributed by atoms with Crippen LogP contribution in [0.4, 0.5) is 0 Å². The number of halogens is 2. The molecule has 2 aromatic heterocycles. The first-order valence-corrected chi connectivity index (χ1v) is 7.16. The monoisotopic (exact) mass is 287 g/mol. The lowest BCUT2D eigenvalue weighted by atomic mass is 9.80. The number of pyridine rings is 1. The molecule has 3 rings (SSSR count). The number of aliphatic hydroxyl groups is 1. The Bertz CT molecular complexity index is 565. The van der Waals surface area contributed by atoms with Crippen LogP contribution in [0.1, 0.15) is 30.2 Å². The van der Waals surface area contributed by atoms with Crippen molar-refractivity contribution in [2.75, 3.05) is 0 Å². The number of hydrogen-bond acceptors (Lipinski definition) is 3. The van der Waals surface area contributed by atoms with Gasteiger partial charge >= 0.3 is 0 Å². The first-order chi connectivity index (χ1) is 8.15. The van der Waals surface area contributed by atoms with Crippen molar-refractivity contribution in [3.8, 4) is 0 Å². The van der Waals surface area contributed by atoms with Crippen molar-refractivity contribution in [3.63, 3.8) is 0 Å². The Morgan fingerprint density at radius 2 is 2.12 bits per heavy atom. The summed E-state index contributed by atoms with van der Waals surface area (Å²) in [5, 5.41) is 12.1. The topological polar surface area (TPSA) is 33.1 Å². The van der Waals surface area contributed by atoms with E-state index in [0.717, 1.165) is 27.9 Å². The molecule has 2 heterocycles. The third kappa shape index (κ3) is 2.06. The fourth-order valence-electron chi connectivity index (χ4n) is 2.10. The predicted molar refractivity (Wildman–Crippen MR) is 71.9 cm³/mol. The molecule has 5 heteroatoms. The maximum Gasteiger partial charge on any atom is 0.132 e. The van der Waals surface area contributed by atoms with Crippen molar-refractivity contribution in [2.24, 2.45) is 5.92 Å². The molecule has 1 saturated carbocycles. The van der Waals surface area contributed by atoms with E-state index in [2.05, 4.69) is 4.98 Å². The van der Waals surface area contributed by atoms with Crippen molar-refractivity contribution < 1.29 is 5.11 Å². The first kappa shape index (κ1) is 11.7. The Morgan fingerprint density at radius 3 is 2.76 bits per heavy atom. The van der Waals surface area contributed by atoms with Crippen LogP contribution in [0.3, 0.4) is 0 Å². The number of rotatable bonds is 2. The molecular weight excluding hydrogens is 277 g/mol. The molecule has 0 saturated heterocycles. The fraction of sp³-hybridized carbons (Fsp3) is 0.417. The van der Waals surface area contributed by atoms with E-state index in [-0.39, 0.29) is 6.10 Å². The van der Waals surface area contributed by atoms with Crippen molar-refractivity contribution in [1.82, 2.24) is 4.98 Å². The average molecular weight is 288 g/mol. The third-order valence-electron chi connectivity index (χ3n) is 3.33. The van der Waals surface area contributed by atoms with E-state index in [1.807, 2.05) is 6.07 Å². The minimum atomic E-state index is -0.377. The number of nitrogens with zero attached hydrogens (tertiary/aromatic N) is 1. The van der Waals surface area contributed by atoms with Gasteiger partial charge in [-0.25, -0.2) is 4.98 Å². The minimum absolute atomic E-state index is 0.377. The Labute approximate surface area is 113 Å². The minimum Gasteiger partial charge on any atom is -0.387 e. The summed E-state index contributed by atoms with van der Waals surface area (Å²) in [5.74, 6) is 0.400. The molecule has 90 valence electrons. The molecule has 1 fully saturated rings. The lowest BCUT2D eigenvalue weighted by Gasteiger charge is -2.29. The highest BCUT2D eigenvalue weighted by molar-refractivity contribution is 7.18. The Morgan fingerprint density at radius 1 is 1.35 bits per heavy atom. The molecule has 0 amide bonds. The quantitative estimate of drug-likeness (QED) is 0.829. The summed E-state index contributed by atoms with van der Waals surface area (Å²) in [6, 6.07) is 3.58. The van der Waals surface area contributed by atoms with Crippen LogP contribution in [0.15, 0.2) is 12.1 Å². The van der Waals surface area contributed by atoms with Crippen LogP contribution in [0.2, 0.25) is 10.2 Å². The van der Waals surface area contributed by atoms with Crippen LogP contribution in [0.5, 0.6) is 0 Å². The van der Waals surface area contributed by atoms with E-state index in [4.69, 9.17) is 23.2 Å². The highest BCUT2D eigenvalue weighted by Crippen LogP contribution is 2.42. The fourth-order valence-corrected chi connectivity index (χ4v) is 3.84. The Balaban J connectivity index is 2.03. The van der Waals surface area contributed by atoms with Gasteiger partial charge in [0.2, 0.25) is 0 Å². The third-order valence-corrected chi connectivity index (χ3v) is 4.94. The molecule has 0 spiro atoms. The molecular formula is C12H11Cl2NOS. The second kappa shape index (κ2) is 4.39. The summed E-state index contributed by atoms with van der Waals surface area (Å²) in [4.78, 5) is 5.98. The average Bonchev–Trinajstić information content (AvgIpc) is 2.58. The van der Waals surface area contributed by atoms with Crippen molar-refractivity contribution in [2.45, 2.75) is 25.4 Å². The van der Waals surface area contributed by atoms with Gasteiger partial charge in [-0.1, -0.05) is 29.6 Å². The van der Waals surface area contributed by atoms with Gasteiger partial charge in [-0.2, -0.15) is 0 Å². The number of aromatic nitrogens is 1. The Kier molecular flexibility index (Phi) is 3.03. The molecule has 17 heavy (non-hydrogen) atoms. The molecule has 1 aliphatic carbocycles. The van der Waals surface area contributed by atoms with Gasteiger partial charge in [0.25, 0.3) is 0 Å². The van der Waals surface area contributed by atoms with Gasteiger partial charge in [-0.05, 0) is 30.9 Å². The van der Waals surface area contributed by atoms with E-state index < -0.39 is 0 Å². The van der Waals surface area contributed by atoms with Crippen LogP contribution in [-0.4, -0.2) is 10.1 Å². The van der Waals surface area contributed by atoms with Crippen LogP contribution in [0, 0.1) is 5.92 Å². The summed E-state index contributed by atoms with van der Waals surface area (Å²) < 4.78 is 0. The molecule has 0 aliphatic heterocycles. The second-order valence-corrected chi connectivity index (χ2v) is 6.29. The van der Waals surface area contributed by atoms with Crippen molar-refractivity contribution in [1.29, 1.82) is 0 Å². The highest BCUT2D eigenvalue weighted by atomic mass is 35.5. The SMILES string of the molecule is OC(c1cc2c(Cl)cc(Cl)nc2s1)C1CCC1. The van der Waals surface area contributed by atoms with E-state index in [9.17, 15) is 5.11 Å². The summed E-state index contributed by atoms with van der Waals surface area (Å²) in [5.41, 5.74) is 0. The van der Waals surface area contributed by atoms with Crippen LogP contribution >= 0.6 is 34.5 Å². The molecule has 1 unspecified atom stereocenters. The lowest BCUT2D eigenvalue weighted by molar-refractivity contribution is 0.0650. The molecule has 0 bridgehead atoms. The van der Waals surface area contributed by atoms with E-state index >= 15 is 0 Å². The van der Waals surface area contributed by atoms with Crippen molar-refractivity contribution in [3.05, 3.63) is 27.2 Å². The molecule has 2 nitrogen and oxygen atoms in total. The number of fused-ring (bicyclic) bond motifs is 1. The zero-order valence-electron chi connectivity index (χ0n) is 8.99. The number of hydrogen-bond donors (Lipinski definition) is 1. The van der Waals surface area contributed by atoms with Gasteiger partial charge < -0.3 is 5.11 Å². The molecule has 0 radical (unpaired) electrons. The van der Waals surface area contributed by atoms with Crippen LogP contribution in [-0.2, 0) is 0 Å². The van der Waals surface area contributed by atoms with Crippen molar-refractivity contribution >= 4 is 44.8 Å². The molecule has 1 aliphatic rings. The zero-order valence-corrected chi connectivity index (χ0v) is 11.3. The lowest BCUT2D eigenvalue weighted by Crippen LogP contribution is -2.19. The molecule has 1 atom stereocenters. The standard InChI is InChI=1S/C12H11Cl2NOS/c13-8-5-10(14)15-12-7(8)4-9(17-12)11(16)6-2-1-3-6/h4-6,11,16H,1-3H2. The first-order valence-electron chi connectivity index (χ1n) is 5.58. The summed E-state index contributed by atoms with van der Waals surface area (Å²) in [6.07, 6.45) is 3.06. The highest BCUT2D eigenvalue weighted by Gasteiger charge is 2.28. The second-order valence-electron chi connectivity index (χ2n) is 4.43. The molecule has 1 N–H and O–H groups in total. The van der Waals surface area contributed by atoms with Gasteiger partial charge in [0, 0.05) is 10.3 Å². The van der Waals surface area contributed by atoms with E-state index in [1.54, 1.807) is 6.07 Å². The summed E-state index contributed by atoms with van der Waals surface area (Å²) in [6.45, 7) is 0. The molecule has 2 aromatic rings. The predicted octanol–water partition coefficient (Wildman–Crippen LogP) is 4.44. The van der Waals surface area contributed by atoms with E-state index in [0.29, 0.717) is 16.1 Å². The van der Waals surface area contributed by atoms with Gasteiger partial charge in [-0.3, -0.25) is 0 Å². The van der Waals surface area contributed by atoms with Gasteiger partial charge in [0.15, 0.2) is 0 Å². The van der Waals surface area contributed by atoms with Crippen LogP contribution < -0.4 is 0 Å².